The average Bonchev–Trinajstić information content (AvgIpc) is 2.20. The minimum absolute atomic E-state index is 0. The molecular weight excluding hydrogens is 202 g/mol. The van der Waals surface area contributed by atoms with Crippen LogP contribution in [0, 0.1) is 0 Å². The highest BCUT2D eigenvalue weighted by atomic mass is 35.5. The normalized spacial score (nSPS) is 11.6. The first kappa shape index (κ1) is 13.2. The minimum atomic E-state index is -0.0462. The average molecular weight is 218 g/mol. The van der Waals surface area contributed by atoms with Crippen LogP contribution in [-0.4, -0.2) is 20.8 Å². The summed E-state index contributed by atoms with van der Waals surface area (Å²) in [5, 5.41) is 0. The third-order valence-corrected chi connectivity index (χ3v) is 1.96. The molecule has 0 bridgehead atoms. The quantitative estimate of drug-likeness (QED) is 0.836. The first-order chi connectivity index (χ1) is 6.31. The van der Waals surface area contributed by atoms with Gasteiger partial charge in [0.15, 0.2) is 0 Å². The van der Waals surface area contributed by atoms with Crippen molar-refractivity contribution in [1.82, 2.24) is 0 Å². The summed E-state index contributed by atoms with van der Waals surface area (Å²) in [6.45, 7) is 0.476. The van der Waals surface area contributed by atoms with E-state index >= 15 is 0 Å². The van der Waals surface area contributed by atoms with Gasteiger partial charge in [0.25, 0.3) is 0 Å². The molecule has 0 aliphatic heterocycles. The summed E-state index contributed by atoms with van der Waals surface area (Å²) in [6, 6.07) is 7.73. The highest BCUT2D eigenvalue weighted by Crippen LogP contribution is 2.20. The molecule has 1 aromatic carbocycles. The van der Waals surface area contributed by atoms with Crippen LogP contribution < -0.4 is 10.5 Å². The highest BCUT2D eigenvalue weighted by Gasteiger charge is 2.07. The Labute approximate surface area is 90.6 Å². The summed E-state index contributed by atoms with van der Waals surface area (Å²) >= 11 is 0. The molecule has 0 aliphatic rings. The molecule has 0 spiro atoms. The van der Waals surface area contributed by atoms with Crippen molar-refractivity contribution in [2.75, 3.05) is 20.8 Å². The van der Waals surface area contributed by atoms with Gasteiger partial charge in [-0.1, -0.05) is 12.1 Å². The zero-order chi connectivity index (χ0) is 9.68. The van der Waals surface area contributed by atoms with Gasteiger partial charge in [0.05, 0.1) is 13.2 Å². The molecule has 0 fully saturated rings. The highest BCUT2D eigenvalue weighted by molar-refractivity contribution is 5.85. The fourth-order valence-corrected chi connectivity index (χ4v) is 1.21. The Morgan fingerprint density at radius 1 is 1.36 bits per heavy atom. The SMILES string of the molecule is COc1cccc(C(CN)OC)c1.Cl. The second-order valence-electron chi connectivity index (χ2n) is 2.74. The number of halogens is 1. The number of nitrogens with two attached hydrogens (primary N) is 1. The number of hydrogen-bond acceptors (Lipinski definition) is 3. The molecule has 1 unspecified atom stereocenters. The Balaban J connectivity index is 0.00000169. The largest absolute Gasteiger partial charge is 0.497 e. The van der Waals surface area contributed by atoms with Gasteiger partial charge < -0.3 is 15.2 Å². The Morgan fingerprint density at radius 3 is 2.57 bits per heavy atom. The summed E-state index contributed by atoms with van der Waals surface area (Å²) in [5.41, 5.74) is 6.59. The van der Waals surface area contributed by atoms with Crippen LogP contribution in [0.25, 0.3) is 0 Å². The molecule has 4 heteroatoms. The second kappa shape index (κ2) is 6.65. The van der Waals surface area contributed by atoms with Crippen molar-refractivity contribution in [1.29, 1.82) is 0 Å². The fraction of sp³-hybridized carbons (Fsp3) is 0.400. The lowest BCUT2D eigenvalue weighted by Gasteiger charge is -2.13. The zero-order valence-electron chi connectivity index (χ0n) is 8.40. The van der Waals surface area contributed by atoms with Crippen molar-refractivity contribution >= 4 is 12.4 Å². The minimum Gasteiger partial charge on any atom is -0.497 e. The maximum atomic E-state index is 5.54. The lowest BCUT2D eigenvalue weighted by molar-refractivity contribution is 0.110. The smallest absolute Gasteiger partial charge is 0.119 e. The van der Waals surface area contributed by atoms with E-state index in [1.165, 1.54) is 0 Å². The summed E-state index contributed by atoms with van der Waals surface area (Å²) < 4.78 is 10.3. The third kappa shape index (κ3) is 3.18. The molecule has 0 heterocycles. The van der Waals surface area contributed by atoms with Gasteiger partial charge in [-0.25, -0.2) is 0 Å². The predicted octanol–water partition coefficient (Wildman–Crippen LogP) is 1.76. The van der Waals surface area contributed by atoms with Crippen LogP contribution in [0.2, 0.25) is 0 Å². The van der Waals surface area contributed by atoms with Gasteiger partial charge in [-0.3, -0.25) is 0 Å². The monoisotopic (exact) mass is 217 g/mol. The van der Waals surface area contributed by atoms with Gasteiger partial charge in [-0.2, -0.15) is 0 Å². The van der Waals surface area contributed by atoms with E-state index in [0.717, 1.165) is 11.3 Å². The van der Waals surface area contributed by atoms with Crippen molar-refractivity contribution in [3.63, 3.8) is 0 Å². The van der Waals surface area contributed by atoms with E-state index in [-0.39, 0.29) is 18.5 Å². The molecule has 0 saturated heterocycles. The van der Waals surface area contributed by atoms with Gasteiger partial charge in [0, 0.05) is 13.7 Å². The van der Waals surface area contributed by atoms with Crippen molar-refractivity contribution in [2.24, 2.45) is 5.73 Å². The zero-order valence-corrected chi connectivity index (χ0v) is 9.21. The van der Waals surface area contributed by atoms with Crippen LogP contribution in [0.1, 0.15) is 11.7 Å². The Kier molecular flexibility index (Phi) is 6.28. The molecule has 0 aromatic heterocycles. The van der Waals surface area contributed by atoms with Crippen molar-refractivity contribution in [2.45, 2.75) is 6.10 Å². The standard InChI is InChI=1S/C10H15NO2.ClH/c1-12-9-5-3-4-8(6-9)10(7-11)13-2;/h3-6,10H,7,11H2,1-2H3;1H. The maximum absolute atomic E-state index is 5.54. The maximum Gasteiger partial charge on any atom is 0.119 e. The van der Waals surface area contributed by atoms with Crippen molar-refractivity contribution < 1.29 is 9.47 Å². The second-order valence-corrected chi connectivity index (χ2v) is 2.74. The van der Waals surface area contributed by atoms with E-state index in [9.17, 15) is 0 Å². The van der Waals surface area contributed by atoms with Gasteiger partial charge in [-0.15, -0.1) is 12.4 Å². The topological polar surface area (TPSA) is 44.5 Å². The molecule has 1 aromatic rings. The summed E-state index contributed by atoms with van der Waals surface area (Å²) in [5.74, 6) is 0.827. The van der Waals surface area contributed by atoms with Gasteiger partial charge in [0.2, 0.25) is 0 Å². The molecule has 0 radical (unpaired) electrons. The first-order valence-electron chi connectivity index (χ1n) is 4.18. The number of ether oxygens (including phenoxy) is 2. The van der Waals surface area contributed by atoms with E-state index in [4.69, 9.17) is 15.2 Å². The molecule has 80 valence electrons. The van der Waals surface area contributed by atoms with E-state index < -0.39 is 0 Å². The molecule has 1 atom stereocenters. The van der Waals surface area contributed by atoms with E-state index in [1.54, 1.807) is 14.2 Å². The van der Waals surface area contributed by atoms with Crippen LogP contribution in [0.5, 0.6) is 5.75 Å². The Hall–Kier alpha value is -0.770. The lowest BCUT2D eigenvalue weighted by atomic mass is 10.1. The molecule has 14 heavy (non-hydrogen) atoms. The number of benzene rings is 1. The fourth-order valence-electron chi connectivity index (χ4n) is 1.21. The van der Waals surface area contributed by atoms with Gasteiger partial charge in [0.1, 0.15) is 5.75 Å². The third-order valence-electron chi connectivity index (χ3n) is 1.96. The predicted molar refractivity (Wildman–Crippen MR) is 59.0 cm³/mol. The van der Waals surface area contributed by atoms with Gasteiger partial charge in [-0.05, 0) is 17.7 Å². The van der Waals surface area contributed by atoms with Crippen LogP contribution in [0.15, 0.2) is 24.3 Å². The van der Waals surface area contributed by atoms with E-state index in [0.29, 0.717) is 6.54 Å². The molecule has 2 N–H and O–H groups in total. The Bertz CT molecular complexity index is 264. The number of rotatable bonds is 4. The molecule has 0 saturated carbocycles. The molecule has 1 rings (SSSR count). The van der Waals surface area contributed by atoms with E-state index in [2.05, 4.69) is 0 Å². The molecule has 0 amide bonds. The van der Waals surface area contributed by atoms with E-state index in [1.807, 2.05) is 24.3 Å². The summed E-state index contributed by atoms with van der Waals surface area (Å²) in [6.07, 6.45) is -0.0462. The lowest BCUT2D eigenvalue weighted by Crippen LogP contribution is -2.14. The van der Waals surface area contributed by atoms with Crippen LogP contribution in [-0.2, 0) is 4.74 Å². The van der Waals surface area contributed by atoms with Crippen molar-refractivity contribution in [3.8, 4) is 5.75 Å². The number of methoxy groups -OCH3 is 2. The van der Waals surface area contributed by atoms with Crippen molar-refractivity contribution in [3.05, 3.63) is 29.8 Å². The molecule has 3 nitrogen and oxygen atoms in total. The molecular formula is C10H16ClNO2. The van der Waals surface area contributed by atoms with Crippen LogP contribution in [0.4, 0.5) is 0 Å². The van der Waals surface area contributed by atoms with Crippen LogP contribution >= 0.6 is 12.4 Å². The summed E-state index contributed by atoms with van der Waals surface area (Å²) in [7, 11) is 3.29. The Morgan fingerprint density at radius 2 is 2.07 bits per heavy atom. The first-order valence-corrected chi connectivity index (χ1v) is 4.18. The summed E-state index contributed by atoms with van der Waals surface area (Å²) in [4.78, 5) is 0. The molecule has 0 aliphatic carbocycles. The van der Waals surface area contributed by atoms with Gasteiger partial charge >= 0.3 is 0 Å². The van der Waals surface area contributed by atoms with Crippen LogP contribution in [0.3, 0.4) is 0 Å². The number of hydrogen-bond donors (Lipinski definition) is 1.